The number of rotatable bonds is 3. The largest absolute Gasteiger partial charge is 0.223 e. The van der Waals surface area contributed by atoms with Gasteiger partial charge in [0.15, 0.2) is 0 Å². The van der Waals surface area contributed by atoms with Gasteiger partial charge in [0.2, 0.25) is 16.3 Å². The van der Waals surface area contributed by atoms with Crippen LogP contribution >= 0.6 is 0 Å². The summed E-state index contributed by atoms with van der Waals surface area (Å²) in [6, 6.07) is 10.8. The van der Waals surface area contributed by atoms with E-state index in [1.807, 2.05) is 0 Å². The van der Waals surface area contributed by atoms with Crippen LogP contribution in [-0.4, -0.2) is 16.3 Å². The maximum atomic E-state index is 2.26. The van der Waals surface area contributed by atoms with Crippen LogP contribution in [0.3, 0.4) is 0 Å². The van der Waals surface area contributed by atoms with Gasteiger partial charge in [-0.3, -0.25) is 0 Å². The van der Waals surface area contributed by atoms with E-state index >= 15 is 0 Å². The van der Waals surface area contributed by atoms with Gasteiger partial charge in [-0.25, -0.2) is 0 Å². The summed E-state index contributed by atoms with van der Waals surface area (Å²) < 4.78 is 0.862. The zero-order valence-electron chi connectivity index (χ0n) is 7.38. The van der Waals surface area contributed by atoms with E-state index in [1.165, 1.54) is 34.7 Å². The fourth-order valence-corrected chi connectivity index (χ4v) is 2.34. The number of hydrogen-bond acceptors (Lipinski definition) is 0. The summed E-state index contributed by atoms with van der Waals surface area (Å²) in [7, 11) is 0. The second-order valence-corrected chi connectivity index (χ2v) is 4.49. The van der Waals surface area contributed by atoms with E-state index in [0.717, 1.165) is 4.78 Å². The van der Waals surface area contributed by atoms with Crippen LogP contribution < -0.4 is 0 Å². The highest BCUT2D eigenvalue weighted by Gasteiger charge is 2.01. The highest BCUT2D eigenvalue weighted by atomic mass is 27.0. The van der Waals surface area contributed by atoms with E-state index in [0.29, 0.717) is 0 Å². The highest BCUT2D eigenvalue weighted by Crippen LogP contribution is 2.16. The Bertz CT molecular complexity index is 193. The third-order valence-electron chi connectivity index (χ3n) is 2.09. The van der Waals surface area contributed by atoms with Crippen molar-refractivity contribution in [3.63, 3.8) is 0 Å². The van der Waals surface area contributed by atoms with Crippen molar-refractivity contribution in [2.24, 2.45) is 0 Å². The summed E-state index contributed by atoms with van der Waals surface area (Å²) >= 11 is 1.29. The Labute approximate surface area is 77.1 Å². The second kappa shape index (κ2) is 4.59. The van der Waals surface area contributed by atoms with Crippen molar-refractivity contribution in [2.75, 3.05) is 0 Å². The molecule has 0 aliphatic carbocycles. The standard InChI is InChI=1S/C10H13.Al.2H/c1-2-3-7-10-8-5-4-6-9-10;;;/h4-9H,2-3H2,1H3;;;. The first kappa shape index (κ1) is 8.85. The predicted octanol–water partition coefficient (Wildman–Crippen LogP) is 2.16. The first-order chi connectivity index (χ1) is 5.34. The average Bonchev–Trinajstić information content (AvgIpc) is 2.07. The van der Waals surface area contributed by atoms with E-state index in [-0.39, 0.29) is 0 Å². The molecule has 0 saturated heterocycles. The molecule has 58 valence electrons. The molecule has 0 nitrogen and oxygen atoms in total. The van der Waals surface area contributed by atoms with Gasteiger partial charge >= 0.3 is 0 Å². The van der Waals surface area contributed by atoms with Crippen LogP contribution in [0.5, 0.6) is 0 Å². The normalized spacial score (nSPS) is 12.8. The van der Waals surface area contributed by atoms with Gasteiger partial charge in [0.1, 0.15) is 0 Å². The Morgan fingerprint density at radius 2 is 1.91 bits per heavy atom. The fraction of sp³-hybridized carbons (Fsp3) is 0.400. The lowest BCUT2D eigenvalue weighted by Gasteiger charge is -2.09. The zero-order valence-corrected chi connectivity index (χ0v) is 9.38. The molecule has 0 fully saturated rings. The Kier molecular flexibility index (Phi) is 3.69. The monoisotopic (exact) mass is 162 g/mol. The van der Waals surface area contributed by atoms with Gasteiger partial charge < -0.3 is 0 Å². The minimum Gasteiger partial charge on any atom is -0.0670 e. The van der Waals surface area contributed by atoms with E-state index in [9.17, 15) is 0 Å². The second-order valence-electron chi connectivity index (χ2n) is 3.10. The van der Waals surface area contributed by atoms with Crippen molar-refractivity contribution < 1.29 is 0 Å². The Morgan fingerprint density at radius 3 is 2.45 bits per heavy atom. The van der Waals surface area contributed by atoms with E-state index in [2.05, 4.69) is 37.3 Å². The molecule has 1 aromatic rings. The molecule has 1 heteroatoms. The maximum Gasteiger partial charge on any atom is 0.223 e. The lowest BCUT2D eigenvalue weighted by atomic mass is 10.1. The minimum absolute atomic E-state index is 0.862. The number of hydrogen-bond donors (Lipinski definition) is 0. The van der Waals surface area contributed by atoms with E-state index < -0.39 is 0 Å². The van der Waals surface area contributed by atoms with Crippen molar-refractivity contribution >= 4 is 16.3 Å². The molecular weight excluding hydrogens is 147 g/mol. The molecule has 1 rings (SSSR count). The molecule has 0 saturated carbocycles. The molecule has 0 aliphatic rings. The highest BCUT2D eigenvalue weighted by molar-refractivity contribution is 6.12. The van der Waals surface area contributed by atoms with Crippen LogP contribution in [0.2, 0.25) is 0 Å². The summed E-state index contributed by atoms with van der Waals surface area (Å²) in [5.74, 6) is 0. The SMILES string of the molecule is CCC[CH]([AlH2])c1ccccc1. The van der Waals surface area contributed by atoms with Gasteiger partial charge in [-0.2, -0.15) is 0 Å². The Morgan fingerprint density at radius 1 is 1.27 bits per heavy atom. The van der Waals surface area contributed by atoms with Crippen LogP contribution in [0.4, 0.5) is 0 Å². The van der Waals surface area contributed by atoms with Gasteiger partial charge in [-0.05, 0) is 0 Å². The van der Waals surface area contributed by atoms with Crippen LogP contribution in [0.15, 0.2) is 30.3 Å². The molecule has 0 N–H and O–H groups in total. The topological polar surface area (TPSA) is 0 Å². The van der Waals surface area contributed by atoms with Gasteiger partial charge in [-0.1, -0.05) is 60.4 Å². The van der Waals surface area contributed by atoms with Crippen LogP contribution in [-0.2, 0) is 0 Å². The van der Waals surface area contributed by atoms with Crippen LogP contribution in [0, 0.1) is 0 Å². The first-order valence-corrected chi connectivity index (χ1v) is 5.55. The average molecular weight is 162 g/mol. The Hall–Kier alpha value is -0.248. The molecule has 1 atom stereocenters. The van der Waals surface area contributed by atoms with Gasteiger partial charge in [-0.15, -0.1) is 0 Å². The predicted molar refractivity (Wildman–Crippen MR) is 52.6 cm³/mol. The lowest BCUT2D eigenvalue weighted by Crippen LogP contribution is -1.96. The third-order valence-corrected chi connectivity index (χ3v) is 3.33. The molecule has 0 aliphatic heterocycles. The quantitative estimate of drug-likeness (QED) is 0.597. The lowest BCUT2D eigenvalue weighted by molar-refractivity contribution is 0.769. The summed E-state index contributed by atoms with van der Waals surface area (Å²) in [4.78, 5) is 0. The Balaban J connectivity index is 2.61. The van der Waals surface area contributed by atoms with E-state index in [1.54, 1.807) is 0 Å². The summed E-state index contributed by atoms with van der Waals surface area (Å²) in [6.07, 6.45) is 2.67. The van der Waals surface area contributed by atoms with Crippen LogP contribution in [0.25, 0.3) is 0 Å². The molecule has 0 amide bonds. The van der Waals surface area contributed by atoms with Crippen molar-refractivity contribution in [3.05, 3.63) is 35.9 Å². The van der Waals surface area contributed by atoms with Gasteiger partial charge in [0.05, 0.1) is 0 Å². The van der Waals surface area contributed by atoms with Crippen molar-refractivity contribution in [2.45, 2.75) is 24.5 Å². The van der Waals surface area contributed by atoms with E-state index in [4.69, 9.17) is 0 Å². The summed E-state index contributed by atoms with van der Waals surface area (Å²) in [6.45, 7) is 2.26. The van der Waals surface area contributed by atoms with Crippen molar-refractivity contribution in [1.82, 2.24) is 0 Å². The summed E-state index contributed by atoms with van der Waals surface area (Å²) in [5.41, 5.74) is 1.53. The number of benzene rings is 1. The van der Waals surface area contributed by atoms with Crippen molar-refractivity contribution in [3.8, 4) is 0 Å². The molecule has 0 aromatic heterocycles. The smallest absolute Gasteiger partial charge is 0.0670 e. The molecular formula is C10H15Al. The fourth-order valence-electron chi connectivity index (χ4n) is 1.38. The molecule has 11 heavy (non-hydrogen) atoms. The van der Waals surface area contributed by atoms with Crippen molar-refractivity contribution in [1.29, 1.82) is 0 Å². The third kappa shape index (κ3) is 2.69. The zero-order chi connectivity index (χ0) is 8.10. The summed E-state index contributed by atoms with van der Waals surface area (Å²) in [5, 5.41) is 0. The molecule has 0 bridgehead atoms. The maximum absolute atomic E-state index is 2.26. The van der Waals surface area contributed by atoms with Crippen LogP contribution in [0.1, 0.15) is 30.1 Å². The minimum atomic E-state index is 0.862. The first-order valence-electron chi connectivity index (χ1n) is 4.39. The molecule has 0 heterocycles. The molecule has 0 radical (unpaired) electrons. The van der Waals surface area contributed by atoms with Gasteiger partial charge in [0.25, 0.3) is 0 Å². The van der Waals surface area contributed by atoms with Gasteiger partial charge in [0, 0.05) is 0 Å². The molecule has 1 unspecified atom stereocenters. The molecule has 1 aromatic carbocycles. The molecule has 0 spiro atoms.